The highest BCUT2D eigenvalue weighted by atomic mass is 28.4. The average Bonchev–Trinajstić information content (AvgIpc) is 3.24. The van der Waals surface area contributed by atoms with Gasteiger partial charge in [0, 0.05) is 12.5 Å². The lowest BCUT2D eigenvalue weighted by Crippen LogP contribution is -2.43. The van der Waals surface area contributed by atoms with Crippen molar-refractivity contribution in [3.63, 3.8) is 0 Å². The number of nitrogen functional groups attached to an aromatic ring is 1. The monoisotopic (exact) mass is 419 g/mol. The summed E-state index contributed by atoms with van der Waals surface area (Å²) in [6.45, 7) is 16.0. The first kappa shape index (κ1) is 20.7. The van der Waals surface area contributed by atoms with Gasteiger partial charge in [0.25, 0.3) is 0 Å². The van der Waals surface area contributed by atoms with Crippen molar-refractivity contribution in [3.8, 4) is 0 Å². The number of anilines is 1. The predicted octanol–water partition coefficient (Wildman–Crippen LogP) is 3.51. The van der Waals surface area contributed by atoms with Crippen LogP contribution in [0, 0.1) is 5.92 Å². The number of fused-ring (bicyclic) bond motifs is 2. The minimum Gasteiger partial charge on any atom is -0.416 e. The summed E-state index contributed by atoms with van der Waals surface area (Å²) in [4.78, 5) is 12.9. The molecular formula is C20H33N5O3Si. The van der Waals surface area contributed by atoms with E-state index in [4.69, 9.17) is 19.6 Å². The van der Waals surface area contributed by atoms with Crippen molar-refractivity contribution in [3.05, 3.63) is 12.7 Å². The Morgan fingerprint density at radius 1 is 1.21 bits per heavy atom. The molecule has 1 saturated carbocycles. The van der Waals surface area contributed by atoms with Crippen LogP contribution < -0.4 is 5.73 Å². The van der Waals surface area contributed by atoms with Gasteiger partial charge in [-0.15, -0.1) is 0 Å². The fourth-order valence-corrected chi connectivity index (χ4v) is 5.20. The number of hydrogen-bond donors (Lipinski definition) is 1. The molecule has 29 heavy (non-hydrogen) atoms. The standard InChI is InChI=1S/C20H33N5O3Si/c1-19(2,3)29(6,7)26-9-12-8-13(16-15(12)27-20(4,5)28-16)25-11-24-14-17(21)22-10-23-18(14)25/h10-13,15-16H,8-9H2,1-7H3,(H2,21,22,23)/t12-,13-,15-,16+/m1/s1. The third-order valence-corrected chi connectivity index (χ3v) is 11.3. The first-order chi connectivity index (χ1) is 13.4. The van der Waals surface area contributed by atoms with Crippen LogP contribution in [-0.2, 0) is 13.9 Å². The van der Waals surface area contributed by atoms with Gasteiger partial charge >= 0.3 is 0 Å². The Morgan fingerprint density at radius 3 is 2.59 bits per heavy atom. The molecule has 2 aliphatic rings. The molecule has 160 valence electrons. The first-order valence-corrected chi connectivity index (χ1v) is 13.2. The SMILES string of the molecule is CC1(C)O[C@@H]2[C@@H](CO[Si](C)(C)C(C)(C)C)C[C@@H](n3cnc4c(N)ncnc43)[C@@H]2O1. The minimum atomic E-state index is -1.84. The summed E-state index contributed by atoms with van der Waals surface area (Å²) in [5.41, 5.74) is 7.35. The Bertz CT molecular complexity index is 907. The Labute approximate surface area is 173 Å². The fourth-order valence-electron chi connectivity index (χ4n) is 4.14. The molecule has 0 aromatic carbocycles. The summed E-state index contributed by atoms with van der Waals surface area (Å²) in [5.74, 6) is 0.0238. The van der Waals surface area contributed by atoms with E-state index in [0.717, 1.165) is 12.1 Å². The maximum absolute atomic E-state index is 6.56. The third-order valence-electron chi connectivity index (χ3n) is 6.76. The molecule has 0 radical (unpaired) electrons. The van der Waals surface area contributed by atoms with Gasteiger partial charge in [-0.25, -0.2) is 15.0 Å². The summed E-state index contributed by atoms with van der Waals surface area (Å²) >= 11 is 0. The van der Waals surface area contributed by atoms with Crippen LogP contribution in [-0.4, -0.2) is 52.4 Å². The molecule has 4 atom stereocenters. The lowest BCUT2D eigenvalue weighted by Gasteiger charge is -2.37. The molecule has 2 fully saturated rings. The van der Waals surface area contributed by atoms with E-state index in [-0.39, 0.29) is 29.2 Å². The second-order valence-electron chi connectivity index (χ2n) is 10.3. The average molecular weight is 420 g/mol. The molecule has 8 nitrogen and oxygen atoms in total. The van der Waals surface area contributed by atoms with Crippen molar-refractivity contribution in [2.75, 3.05) is 12.3 Å². The number of nitrogens with two attached hydrogens (primary N) is 1. The minimum absolute atomic E-state index is 0.0172. The molecule has 1 saturated heterocycles. The zero-order valence-electron chi connectivity index (χ0n) is 18.5. The highest BCUT2D eigenvalue weighted by Crippen LogP contribution is 2.48. The van der Waals surface area contributed by atoms with Gasteiger partial charge in [0.05, 0.1) is 18.5 Å². The molecule has 0 amide bonds. The van der Waals surface area contributed by atoms with Crippen molar-refractivity contribution in [1.29, 1.82) is 0 Å². The quantitative estimate of drug-likeness (QED) is 0.757. The van der Waals surface area contributed by atoms with Gasteiger partial charge < -0.3 is 24.2 Å². The van der Waals surface area contributed by atoms with Crippen molar-refractivity contribution in [2.45, 2.75) is 83.2 Å². The van der Waals surface area contributed by atoms with Crippen molar-refractivity contribution in [2.24, 2.45) is 5.92 Å². The Kier molecular flexibility index (Phi) is 4.81. The summed E-state index contributed by atoms with van der Waals surface area (Å²) in [5, 5.41) is 0.172. The molecule has 0 spiro atoms. The molecule has 1 aliphatic heterocycles. The second-order valence-corrected chi connectivity index (χ2v) is 15.1. The van der Waals surface area contributed by atoms with Crippen LogP contribution in [0.4, 0.5) is 5.82 Å². The molecule has 9 heteroatoms. The van der Waals surface area contributed by atoms with Crippen LogP contribution in [0.25, 0.3) is 11.2 Å². The number of aromatic nitrogens is 4. The van der Waals surface area contributed by atoms with Crippen LogP contribution in [0.5, 0.6) is 0 Å². The smallest absolute Gasteiger partial charge is 0.191 e. The van der Waals surface area contributed by atoms with Crippen LogP contribution >= 0.6 is 0 Å². The molecule has 2 aromatic heterocycles. The molecule has 3 heterocycles. The number of imidazole rings is 1. The fraction of sp³-hybridized carbons (Fsp3) is 0.750. The summed E-state index contributed by atoms with van der Waals surface area (Å²) in [6.07, 6.45) is 4.07. The summed E-state index contributed by atoms with van der Waals surface area (Å²) < 4.78 is 21.3. The summed E-state index contributed by atoms with van der Waals surface area (Å²) in [7, 11) is -1.84. The Hall–Kier alpha value is -1.55. The van der Waals surface area contributed by atoms with Gasteiger partial charge in [-0.05, 0) is 38.4 Å². The van der Waals surface area contributed by atoms with Crippen LogP contribution in [0.15, 0.2) is 12.7 Å². The van der Waals surface area contributed by atoms with E-state index < -0.39 is 14.1 Å². The summed E-state index contributed by atoms with van der Waals surface area (Å²) in [6, 6.07) is 0.0640. The first-order valence-electron chi connectivity index (χ1n) is 10.3. The van der Waals surface area contributed by atoms with Gasteiger partial charge in [-0.2, -0.15) is 0 Å². The van der Waals surface area contributed by atoms with Crippen LogP contribution in [0.3, 0.4) is 0 Å². The van der Waals surface area contributed by atoms with E-state index in [0.29, 0.717) is 17.9 Å². The van der Waals surface area contributed by atoms with Crippen molar-refractivity contribution >= 4 is 25.3 Å². The van der Waals surface area contributed by atoms with E-state index in [1.807, 2.05) is 13.8 Å². The zero-order chi connectivity index (χ0) is 21.2. The molecule has 4 rings (SSSR count). The van der Waals surface area contributed by atoms with Crippen molar-refractivity contribution in [1.82, 2.24) is 19.5 Å². The van der Waals surface area contributed by atoms with Gasteiger partial charge in [0.15, 0.2) is 25.6 Å². The van der Waals surface area contributed by atoms with E-state index in [1.54, 1.807) is 6.33 Å². The number of rotatable bonds is 4. The van der Waals surface area contributed by atoms with E-state index >= 15 is 0 Å². The van der Waals surface area contributed by atoms with E-state index in [1.165, 1.54) is 6.33 Å². The second kappa shape index (κ2) is 6.73. The molecule has 0 unspecified atom stereocenters. The van der Waals surface area contributed by atoms with Gasteiger partial charge in [-0.1, -0.05) is 20.8 Å². The molecule has 2 N–H and O–H groups in total. The number of nitrogens with zero attached hydrogens (tertiary/aromatic N) is 4. The van der Waals surface area contributed by atoms with Crippen LogP contribution in [0.1, 0.15) is 47.1 Å². The highest BCUT2D eigenvalue weighted by molar-refractivity contribution is 6.74. The normalized spacial score (nSPS) is 29.5. The maximum atomic E-state index is 6.56. The number of hydrogen-bond acceptors (Lipinski definition) is 7. The van der Waals surface area contributed by atoms with Gasteiger partial charge in [0.2, 0.25) is 0 Å². The Morgan fingerprint density at radius 2 is 1.90 bits per heavy atom. The molecule has 1 aliphatic carbocycles. The van der Waals surface area contributed by atoms with Gasteiger partial charge in [0.1, 0.15) is 17.9 Å². The Balaban J connectivity index is 1.62. The molecule has 0 bridgehead atoms. The lowest BCUT2D eigenvalue weighted by atomic mass is 10.1. The predicted molar refractivity (Wildman–Crippen MR) is 114 cm³/mol. The zero-order valence-corrected chi connectivity index (χ0v) is 19.5. The maximum Gasteiger partial charge on any atom is 0.191 e. The highest BCUT2D eigenvalue weighted by Gasteiger charge is 2.55. The molecular weight excluding hydrogens is 386 g/mol. The van der Waals surface area contributed by atoms with E-state index in [9.17, 15) is 0 Å². The lowest BCUT2D eigenvalue weighted by molar-refractivity contribution is -0.161. The van der Waals surface area contributed by atoms with Crippen LogP contribution in [0.2, 0.25) is 18.1 Å². The van der Waals surface area contributed by atoms with E-state index in [2.05, 4.69) is 53.4 Å². The van der Waals surface area contributed by atoms with Gasteiger partial charge in [-0.3, -0.25) is 0 Å². The largest absolute Gasteiger partial charge is 0.416 e. The van der Waals surface area contributed by atoms with Crippen molar-refractivity contribution < 1.29 is 13.9 Å². The topological polar surface area (TPSA) is 97.3 Å². The third kappa shape index (κ3) is 3.58. The molecule has 2 aromatic rings. The number of ether oxygens (including phenoxy) is 2.